The second-order valence-corrected chi connectivity index (χ2v) is 5.83. The molecule has 2 atom stereocenters. The van der Waals surface area contributed by atoms with Crippen LogP contribution in [-0.4, -0.2) is 11.1 Å². The van der Waals surface area contributed by atoms with Gasteiger partial charge in [0.15, 0.2) is 0 Å². The fourth-order valence-electron chi connectivity index (χ4n) is 3.08. The fourth-order valence-corrected chi connectivity index (χ4v) is 3.08. The number of aliphatic carboxylic acids is 1. The zero-order valence-corrected chi connectivity index (χ0v) is 11.2. The van der Waals surface area contributed by atoms with Gasteiger partial charge in [0.05, 0.1) is 5.92 Å². The Morgan fingerprint density at radius 2 is 2.17 bits per heavy atom. The number of carbonyl (C=O) groups is 1. The van der Waals surface area contributed by atoms with Crippen LogP contribution in [0.2, 0.25) is 0 Å². The molecule has 0 aromatic heterocycles. The van der Waals surface area contributed by atoms with Crippen LogP contribution in [0.15, 0.2) is 24.3 Å². The molecule has 0 heterocycles. The highest BCUT2D eigenvalue weighted by atomic mass is 16.4. The van der Waals surface area contributed by atoms with Gasteiger partial charge in [0.1, 0.15) is 0 Å². The highest BCUT2D eigenvalue weighted by Crippen LogP contribution is 2.40. The summed E-state index contributed by atoms with van der Waals surface area (Å²) in [6, 6.07) is 8.53. The SMILES string of the molecule is CC(C)Cc1cccc(C2CCCC2C(=O)O)c1. The maximum absolute atomic E-state index is 11.2. The monoisotopic (exact) mass is 246 g/mol. The van der Waals surface area contributed by atoms with Crippen molar-refractivity contribution in [1.29, 1.82) is 0 Å². The third-order valence-corrected chi connectivity index (χ3v) is 3.86. The molecule has 0 saturated heterocycles. The maximum Gasteiger partial charge on any atom is 0.307 e. The molecule has 2 unspecified atom stereocenters. The first-order valence-corrected chi connectivity index (χ1v) is 6.89. The molecule has 2 rings (SSSR count). The molecule has 18 heavy (non-hydrogen) atoms. The summed E-state index contributed by atoms with van der Waals surface area (Å²) in [6.45, 7) is 4.42. The zero-order chi connectivity index (χ0) is 13.1. The van der Waals surface area contributed by atoms with Crippen molar-refractivity contribution in [1.82, 2.24) is 0 Å². The molecule has 98 valence electrons. The van der Waals surface area contributed by atoms with Gasteiger partial charge in [0.25, 0.3) is 0 Å². The Labute approximate surface area is 109 Å². The van der Waals surface area contributed by atoms with Crippen molar-refractivity contribution in [3.05, 3.63) is 35.4 Å². The van der Waals surface area contributed by atoms with Crippen LogP contribution in [0.4, 0.5) is 0 Å². The molecule has 0 aliphatic heterocycles. The minimum atomic E-state index is -0.633. The summed E-state index contributed by atoms with van der Waals surface area (Å²) >= 11 is 0. The molecule has 2 nitrogen and oxygen atoms in total. The Hall–Kier alpha value is -1.31. The molecule has 2 heteroatoms. The maximum atomic E-state index is 11.2. The van der Waals surface area contributed by atoms with Gasteiger partial charge >= 0.3 is 5.97 Å². The molecule has 0 radical (unpaired) electrons. The topological polar surface area (TPSA) is 37.3 Å². The van der Waals surface area contributed by atoms with Gasteiger partial charge in [0.2, 0.25) is 0 Å². The predicted molar refractivity (Wildman–Crippen MR) is 72.7 cm³/mol. The van der Waals surface area contributed by atoms with E-state index in [2.05, 4.69) is 38.1 Å². The van der Waals surface area contributed by atoms with E-state index in [1.165, 1.54) is 11.1 Å². The lowest BCUT2D eigenvalue weighted by molar-refractivity contribution is -0.142. The van der Waals surface area contributed by atoms with Crippen LogP contribution in [0.3, 0.4) is 0 Å². The highest BCUT2D eigenvalue weighted by molar-refractivity contribution is 5.71. The van der Waals surface area contributed by atoms with Gasteiger partial charge < -0.3 is 5.11 Å². The van der Waals surface area contributed by atoms with E-state index >= 15 is 0 Å². The van der Waals surface area contributed by atoms with E-state index in [0.717, 1.165) is 25.7 Å². The Morgan fingerprint density at radius 3 is 2.83 bits per heavy atom. The van der Waals surface area contributed by atoms with E-state index in [-0.39, 0.29) is 11.8 Å². The number of carboxylic acid groups (broad SMARTS) is 1. The van der Waals surface area contributed by atoms with Gasteiger partial charge in [-0.25, -0.2) is 0 Å². The first-order valence-electron chi connectivity index (χ1n) is 6.89. The molecule has 1 aromatic rings. The quantitative estimate of drug-likeness (QED) is 0.876. The number of benzene rings is 1. The molecular weight excluding hydrogens is 224 g/mol. The van der Waals surface area contributed by atoms with Crippen molar-refractivity contribution < 1.29 is 9.90 Å². The van der Waals surface area contributed by atoms with Crippen molar-refractivity contribution in [3.8, 4) is 0 Å². The van der Waals surface area contributed by atoms with Crippen molar-refractivity contribution in [3.63, 3.8) is 0 Å². The fraction of sp³-hybridized carbons (Fsp3) is 0.562. The van der Waals surface area contributed by atoms with Gasteiger partial charge in [-0.2, -0.15) is 0 Å². The Kier molecular flexibility index (Phi) is 4.05. The molecule has 0 bridgehead atoms. The molecule has 1 aliphatic rings. The van der Waals surface area contributed by atoms with Crippen LogP contribution in [0, 0.1) is 11.8 Å². The Balaban J connectivity index is 2.19. The van der Waals surface area contributed by atoms with Gasteiger partial charge in [-0.3, -0.25) is 4.79 Å². The van der Waals surface area contributed by atoms with E-state index in [9.17, 15) is 9.90 Å². The van der Waals surface area contributed by atoms with Gasteiger partial charge in [0, 0.05) is 0 Å². The summed E-state index contributed by atoms with van der Waals surface area (Å²) in [6.07, 6.45) is 3.95. The second-order valence-electron chi connectivity index (χ2n) is 5.83. The number of carboxylic acids is 1. The summed E-state index contributed by atoms with van der Waals surface area (Å²) in [5.74, 6) is 0.0415. The summed E-state index contributed by atoms with van der Waals surface area (Å²) < 4.78 is 0. The van der Waals surface area contributed by atoms with Crippen LogP contribution in [-0.2, 0) is 11.2 Å². The van der Waals surface area contributed by atoms with E-state index in [0.29, 0.717) is 5.92 Å². The lowest BCUT2D eigenvalue weighted by Crippen LogP contribution is -2.16. The third kappa shape index (κ3) is 2.92. The largest absolute Gasteiger partial charge is 0.481 e. The lowest BCUT2D eigenvalue weighted by Gasteiger charge is -2.17. The lowest BCUT2D eigenvalue weighted by atomic mass is 9.87. The van der Waals surface area contributed by atoms with Crippen LogP contribution >= 0.6 is 0 Å². The first-order chi connectivity index (χ1) is 8.58. The van der Waals surface area contributed by atoms with Gasteiger partial charge in [-0.1, -0.05) is 44.5 Å². The molecule has 1 N–H and O–H groups in total. The third-order valence-electron chi connectivity index (χ3n) is 3.86. The minimum absolute atomic E-state index is 0.181. The molecule has 1 aromatic carbocycles. The minimum Gasteiger partial charge on any atom is -0.481 e. The van der Waals surface area contributed by atoms with Crippen LogP contribution in [0.5, 0.6) is 0 Å². The molecule has 1 fully saturated rings. The van der Waals surface area contributed by atoms with Crippen molar-refractivity contribution in [2.75, 3.05) is 0 Å². The van der Waals surface area contributed by atoms with E-state index in [1.54, 1.807) is 0 Å². The predicted octanol–water partition coefficient (Wildman–Crippen LogP) is 3.85. The molecule has 0 spiro atoms. The van der Waals surface area contributed by atoms with Crippen LogP contribution in [0.1, 0.15) is 50.2 Å². The normalized spacial score (nSPS) is 23.5. The Bertz CT molecular complexity index is 423. The zero-order valence-electron chi connectivity index (χ0n) is 11.2. The van der Waals surface area contributed by atoms with E-state index in [4.69, 9.17) is 0 Å². The second kappa shape index (κ2) is 5.55. The average molecular weight is 246 g/mol. The van der Waals surface area contributed by atoms with Crippen molar-refractivity contribution in [2.24, 2.45) is 11.8 Å². The number of rotatable bonds is 4. The molecular formula is C16H22O2. The van der Waals surface area contributed by atoms with Crippen LogP contribution in [0.25, 0.3) is 0 Å². The first kappa shape index (κ1) is 13.1. The average Bonchev–Trinajstić information content (AvgIpc) is 2.77. The summed E-state index contributed by atoms with van der Waals surface area (Å²) in [7, 11) is 0. The molecule has 1 aliphatic carbocycles. The smallest absolute Gasteiger partial charge is 0.307 e. The Morgan fingerprint density at radius 1 is 1.39 bits per heavy atom. The van der Waals surface area contributed by atoms with Gasteiger partial charge in [-0.05, 0) is 42.2 Å². The number of hydrogen-bond acceptors (Lipinski definition) is 1. The van der Waals surface area contributed by atoms with E-state index < -0.39 is 5.97 Å². The van der Waals surface area contributed by atoms with E-state index in [1.807, 2.05) is 0 Å². The summed E-state index contributed by atoms with van der Waals surface area (Å²) in [4.78, 5) is 11.2. The number of hydrogen-bond donors (Lipinski definition) is 1. The highest BCUT2D eigenvalue weighted by Gasteiger charge is 2.33. The van der Waals surface area contributed by atoms with Crippen molar-refractivity contribution in [2.45, 2.75) is 45.4 Å². The molecule has 0 amide bonds. The molecule has 1 saturated carbocycles. The summed E-state index contributed by atoms with van der Waals surface area (Å²) in [5, 5.41) is 9.26. The van der Waals surface area contributed by atoms with Crippen LogP contribution < -0.4 is 0 Å². The van der Waals surface area contributed by atoms with Gasteiger partial charge in [-0.15, -0.1) is 0 Å². The standard InChI is InChI=1S/C16H22O2/c1-11(2)9-12-5-3-6-13(10-12)14-7-4-8-15(14)16(17)18/h3,5-6,10-11,14-15H,4,7-9H2,1-2H3,(H,17,18). The summed E-state index contributed by atoms with van der Waals surface area (Å²) in [5.41, 5.74) is 2.55. The van der Waals surface area contributed by atoms with Crippen molar-refractivity contribution >= 4 is 5.97 Å².